The molecule has 0 aliphatic carbocycles. The van der Waals surface area contributed by atoms with Crippen molar-refractivity contribution in [1.82, 2.24) is 9.97 Å². The number of nitrogens with one attached hydrogen (secondary N) is 1. The molecule has 5 heteroatoms. The van der Waals surface area contributed by atoms with Gasteiger partial charge in [0.2, 0.25) is 0 Å². The van der Waals surface area contributed by atoms with Gasteiger partial charge in [-0.15, -0.1) is 0 Å². The van der Waals surface area contributed by atoms with Gasteiger partial charge in [0.15, 0.2) is 0 Å². The van der Waals surface area contributed by atoms with Crippen LogP contribution in [0.1, 0.15) is 38.9 Å². The number of hydrogen-bond donors (Lipinski definition) is 1. The summed E-state index contributed by atoms with van der Waals surface area (Å²) >= 11 is 6.17. The summed E-state index contributed by atoms with van der Waals surface area (Å²) in [6.45, 7) is 6.96. The molecular weight excluding hydrogens is 289 g/mol. The molecule has 0 saturated carbocycles. The fourth-order valence-corrected chi connectivity index (χ4v) is 2.11. The minimum atomic E-state index is -0.331. The average molecular weight is 308 g/mol. The fraction of sp³-hybridized carbons (Fsp3) is 0.375. The quantitative estimate of drug-likeness (QED) is 0.855. The maximum Gasteiger partial charge on any atom is 0.133 e. The lowest BCUT2D eigenvalue weighted by molar-refractivity contribution is 0.628. The van der Waals surface area contributed by atoms with Gasteiger partial charge in [0.25, 0.3) is 0 Å². The fourth-order valence-electron chi connectivity index (χ4n) is 1.90. The van der Waals surface area contributed by atoms with Crippen molar-refractivity contribution in [3.8, 4) is 11.3 Å². The second-order valence-electron chi connectivity index (χ2n) is 5.20. The molecule has 21 heavy (non-hydrogen) atoms. The summed E-state index contributed by atoms with van der Waals surface area (Å²) in [5.41, 5.74) is 1.22. The minimum Gasteiger partial charge on any atom is -0.370 e. The largest absolute Gasteiger partial charge is 0.370 e. The number of rotatable bonds is 5. The predicted octanol–water partition coefficient (Wildman–Crippen LogP) is 4.88. The molecule has 0 atom stereocenters. The van der Waals surface area contributed by atoms with Crippen molar-refractivity contribution < 1.29 is 4.39 Å². The van der Waals surface area contributed by atoms with Crippen LogP contribution in [-0.4, -0.2) is 16.5 Å². The number of nitrogens with zero attached hydrogens (tertiary/aromatic N) is 2. The standard InChI is InChI=1S/C16H19ClFN3/c1-4-7-19-15-9-14(20-16(21-15)10(2)3)12-8-11(18)5-6-13(12)17/h5-6,8-10H,4,7H2,1-3H3,(H,19,20,21). The third-order valence-corrected chi connectivity index (χ3v) is 3.35. The Kier molecular flexibility index (Phi) is 5.12. The lowest BCUT2D eigenvalue weighted by Gasteiger charge is -2.12. The molecule has 0 aliphatic heterocycles. The third-order valence-electron chi connectivity index (χ3n) is 3.02. The lowest BCUT2D eigenvalue weighted by atomic mass is 10.1. The van der Waals surface area contributed by atoms with E-state index in [1.165, 1.54) is 12.1 Å². The highest BCUT2D eigenvalue weighted by atomic mass is 35.5. The minimum absolute atomic E-state index is 0.180. The monoisotopic (exact) mass is 307 g/mol. The van der Waals surface area contributed by atoms with E-state index in [1.54, 1.807) is 6.07 Å². The molecule has 0 fully saturated rings. The Bertz CT molecular complexity index is 629. The van der Waals surface area contributed by atoms with E-state index in [1.807, 2.05) is 19.9 Å². The van der Waals surface area contributed by atoms with Crippen LogP contribution in [0.15, 0.2) is 24.3 Å². The van der Waals surface area contributed by atoms with Gasteiger partial charge in [0.1, 0.15) is 17.5 Å². The van der Waals surface area contributed by atoms with Gasteiger partial charge in [-0.25, -0.2) is 14.4 Å². The number of aromatic nitrogens is 2. The van der Waals surface area contributed by atoms with Crippen molar-refractivity contribution in [2.45, 2.75) is 33.1 Å². The van der Waals surface area contributed by atoms with Crippen LogP contribution in [-0.2, 0) is 0 Å². The van der Waals surface area contributed by atoms with E-state index in [4.69, 9.17) is 11.6 Å². The normalized spacial score (nSPS) is 11.0. The highest BCUT2D eigenvalue weighted by molar-refractivity contribution is 6.33. The van der Waals surface area contributed by atoms with E-state index < -0.39 is 0 Å². The third kappa shape index (κ3) is 3.91. The Morgan fingerprint density at radius 2 is 2.00 bits per heavy atom. The van der Waals surface area contributed by atoms with Gasteiger partial charge in [-0.3, -0.25) is 0 Å². The molecular formula is C16H19ClFN3. The number of halogens is 2. The highest BCUT2D eigenvalue weighted by Crippen LogP contribution is 2.29. The van der Waals surface area contributed by atoms with E-state index in [9.17, 15) is 4.39 Å². The molecule has 1 N–H and O–H groups in total. The van der Waals surface area contributed by atoms with Crippen LogP contribution >= 0.6 is 11.6 Å². The topological polar surface area (TPSA) is 37.8 Å². The van der Waals surface area contributed by atoms with Gasteiger partial charge in [-0.05, 0) is 24.6 Å². The maximum atomic E-state index is 13.5. The number of anilines is 1. The molecule has 3 nitrogen and oxygen atoms in total. The maximum absolute atomic E-state index is 13.5. The first kappa shape index (κ1) is 15.7. The van der Waals surface area contributed by atoms with Gasteiger partial charge >= 0.3 is 0 Å². The van der Waals surface area contributed by atoms with Crippen molar-refractivity contribution in [2.24, 2.45) is 0 Å². The zero-order chi connectivity index (χ0) is 15.4. The molecule has 1 aromatic carbocycles. The molecule has 0 amide bonds. The van der Waals surface area contributed by atoms with Gasteiger partial charge in [-0.1, -0.05) is 32.4 Å². The van der Waals surface area contributed by atoms with Crippen molar-refractivity contribution >= 4 is 17.4 Å². The molecule has 2 aromatic rings. The summed E-state index contributed by atoms with van der Waals surface area (Å²) in [4.78, 5) is 9.00. The SMILES string of the molecule is CCCNc1cc(-c2cc(F)ccc2Cl)nc(C(C)C)n1. The Morgan fingerprint density at radius 1 is 1.24 bits per heavy atom. The van der Waals surface area contributed by atoms with Gasteiger partial charge in [0, 0.05) is 24.1 Å². The van der Waals surface area contributed by atoms with E-state index in [2.05, 4.69) is 22.2 Å². The summed E-state index contributed by atoms with van der Waals surface area (Å²) in [7, 11) is 0. The molecule has 0 spiro atoms. The molecule has 0 radical (unpaired) electrons. The average Bonchev–Trinajstić information content (AvgIpc) is 2.47. The molecule has 1 heterocycles. The molecule has 0 aliphatic rings. The first-order valence-corrected chi connectivity index (χ1v) is 7.47. The van der Waals surface area contributed by atoms with Crippen LogP contribution in [0.2, 0.25) is 5.02 Å². The van der Waals surface area contributed by atoms with Gasteiger partial charge in [0.05, 0.1) is 10.7 Å². The lowest BCUT2D eigenvalue weighted by Crippen LogP contribution is -2.07. The van der Waals surface area contributed by atoms with Gasteiger partial charge in [-0.2, -0.15) is 0 Å². The molecule has 0 unspecified atom stereocenters. The molecule has 0 saturated heterocycles. The van der Waals surface area contributed by atoms with Crippen molar-refractivity contribution in [3.63, 3.8) is 0 Å². The highest BCUT2D eigenvalue weighted by Gasteiger charge is 2.12. The van der Waals surface area contributed by atoms with Crippen LogP contribution in [0.5, 0.6) is 0 Å². The molecule has 0 bridgehead atoms. The van der Waals surface area contributed by atoms with E-state index in [0.717, 1.165) is 18.8 Å². The zero-order valence-electron chi connectivity index (χ0n) is 12.5. The molecule has 2 rings (SSSR count). The number of hydrogen-bond acceptors (Lipinski definition) is 3. The van der Waals surface area contributed by atoms with Crippen LogP contribution in [0.25, 0.3) is 11.3 Å². The summed E-state index contributed by atoms with van der Waals surface area (Å²) in [6, 6.07) is 6.09. The summed E-state index contributed by atoms with van der Waals surface area (Å²) in [5.74, 6) is 1.30. The van der Waals surface area contributed by atoms with Gasteiger partial charge < -0.3 is 5.32 Å². The van der Waals surface area contributed by atoms with Crippen molar-refractivity contribution in [1.29, 1.82) is 0 Å². The van der Waals surface area contributed by atoms with E-state index in [0.29, 0.717) is 22.1 Å². The Balaban J connectivity index is 2.51. The van der Waals surface area contributed by atoms with Crippen LogP contribution < -0.4 is 5.32 Å². The Labute approximate surface area is 129 Å². The Hall–Kier alpha value is -1.68. The first-order valence-electron chi connectivity index (χ1n) is 7.09. The smallest absolute Gasteiger partial charge is 0.133 e. The second-order valence-corrected chi connectivity index (χ2v) is 5.61. The molecule has 112 valence electrons. The Morgan fingerprint density at radius 3 is 2.67 bits per heavy atom. The zero-order valence-corrected chi connectivity index (χ0v) is 13.2. The number of benzene rings is 1. The van der Waals surface area contributed by atoms with Crippen molar-refractivity contribution in [3.05, 3.63) is 40.9 Å². The van der Waals surface area contributed by atoms with Crippen molar-refractivity contribution in [2.75, 3.05) is 11.9 Å². The summed E-state index contributed by atoms with van der Waals surface area (Å²) < 4.78 is 13.5. The summed E-state index contributed by atoms with van der Waals surface area (Å²) in [6.07, 6.45) is 0.997. The van der Waals surface area contributed by atoms with Crippen LogP contribution in [0, 0.1) is 5.82 Å². The van der Waals surface area contributed by atoms with Crippen LogP contribution in [0.4, 0.5) is 10.2 Å². The van der Waals surface area contributed by atoms with Crippen LogP contribution in [0.3, 0.4) is 0 Å². The summed E-state index contributed by atoms with van der Waals surface area (Å²) in [5, 5.41) is 3.72. The second kappa shape index (κ2) is 6.85. The first-order chi connectivity index (χ1) is 10.0. The van der Waals surface area contributed by atoms with E-state index in [-0.39, 0.29) is 11.7 Å². The molecule has 1 aromatic heterocycles. The predicted molar refractivity (Wildman–Crippen MR) is 85.3 cm³/mol. The van der Waals surface area contributed by atoms with E-state index >= 15 is 0 Å².